The largest absolute Gasteiger partial charge is 0.478 e. The lowest BCUT2D eigenvalue weighted by atomic mass is 10.2. The van der Waals surface area contributed by atoms with Gasteiger partial charge >= 0.3 is 5.97 Å². The van der Waals surface area contributed by atoms with E-state index in [9.17, 15) is 9.59 Å². The van der Waals surface area contributed by atoms with Crippen molar-refractivity contribution < 1.29 is 14.7 Å². The SMILES string of the molecule is O=C(/C=C/c1ccccc1)Nc1cccc2[nH]nnc12.O=C(O)/C=C/c1ccccc1. The first-order valence-electron chi connectivity index (χ1n) is 9.42. The van der Waals surface area contributed by atoms with E-state index < -0.39 is 5.97 Å². The summed E-state index contributed by atoms with van der Waals surface area (Å²) in [6, 6.07) is 24.4. The van der Waals surface area contributed by atoms with Gasteiger partial charge in [0.2, 0.25) is 5.91 Å². The van der Waals surface area contributed by atoms with Crippen molar-refractivity contribution in [2.45, 2.75) is 0 Å². The number of carbonyl (C=O) groups is 2. The molecule has 4 rings (SSSR count). The predicted octanol–water partition coefficient (Wildman–Crippen LogP) is 4.39. The molecular weight excluding hydrogens is 392 g/mol. The highest BCUT2D eigenvalue weighted by atomic mass is 16.4. The topological polar surface area (TPSA) is 108 Å². The van der Waals surface area contributed by atoms with Gasteiger partial charge in [0.15, 0.2) is 0 Å². The van der Waals surface area contributed by atoms with Crippen LogP contribution in [0, 0.1) is 0 Å². The molecule has 0 saturated heterocycles. The number of aromatic amines is 1. The van der Waals surface area contributed by atoms with E-state index >= 15 is 0 Å². The van der Waals surface area contributed by atoms with Crippen molar-refractivity contribution in [1.29, 1.82) is 0 Å². The molecule has 0 atom stereocenters. The van der Waals surface area contributed by atoms with Gasteiger partial charge in [0.1, 0.15) is 5.52 Å². The van der Waals surface area contributed by atoms with Crippen LogP contribution >= 0.6 is 0 Å². The van der Waals surface area contributed by atoms with E-state index in [0.29, 0.717) is 11.2 Å². The number of fused-ring (bicyclic) bond motifs is 1. The Kier molecular flexibility index (Phi) is 7.43. The van der Waals surface area contributed by atoms with E-state index in [-0.39, 0.29) is 5.91 Å². The Morgan fingerprint density at radius 3 is 2.03 bits per heavy atom. The Bertz CT molecular complexity index is 1200. The number of nitrogens with zero attached hydrogens (tertiary/aromatic N) is 2. The van der Waals surface area contributed by atoms with Gasteiger partial charge in [0.25, 0.3) is 0 Å². The minimum absolute atomic E-state index is 0.204. The number of aliphatic carboxylic acids is 1. The summed E-state index contributed by atoms with van der Waals surface area (Å²) < 4.78 is 0. The van der Waals surface area contributed by atoms with Crippen LogP contribution in [0.5, 0.6) is 0 Å². The molecule has 0 radical (unpaired) electrons. The quantitative estimate of drug-likeness (QED) is 0.421. The average Bonchev–Trinajstić information content (AvgIpc) is 3.28. The summed E-state index contributed by atoms with van der Waals surface area (Å²) in [5, 5.41) is 21.5. The molecule has 3 aromatic carbocycles. The van der Waals surface area contributed by atoms with E-state index in [2.05, 4.69) is 20.7 Å². The molecule has 0 aliphatic heterocycles. The number of hydrogen-bond donors (Lipinski definition) is 3. The second-order valence-electron chi connectivity index (χ2n) is 6.33. The summed E-state index contributed by atoms with van der Waals surface area (Å²) >= 11 is 0. The van der Waals surface area contributed by atoms with Crippen LogP contribution in [-0.4, -0.2) is 32.4 Å². The van der Waals surface area contributed by atoms with E-state index in [1.165, 1.54) is 6.08 Å². The van der Waals surface area contributed by atoms with E-state index in [0.717, 1.165) is 22.7 Å². The summed E-state index contributed by atoms with van der Waals surface area (Å²) in [6.45, 7) is 0. The third kappa shape index (κ3) is 6.79. The molecular formula is C24H20N4O3. The minimum atomic E-state index is -0.922. The minimum Gasteiger partial charge on any atom is -0.478 e. The highest BCUT2D eigenvalue weighted by molar-refractivity contribution is 6.06. The van der Waals surface area contributed by atoms with Gasteiger partial charge in [-0.3, -0.25) is 9.89 Å². The summed E-state index contributed by atoms with van der Waals surface area (Å²) in [6.07, 6.45) is 5.93. The fourth-order valence-corrected chi connectivity index (χ4v) is 2.61. The molecule has 0 aliphatic rings. The third-order valence-corrected chi connectivity index (χ3v) is 4.06. The lowest BCUT2D eigenvalue weighted by Crippen LogP contribution is -2.08. The van der Waals surface area contributed by atoms with Gasteiger partial charge in [-0.2, -0.15) is 0 Å². The number of carboxylic acids is 1. The van der Waals surface area contributed by atoms with Crippen LogP contribution in [0.15, 0.2) is 91.0 Å². The average molecular weight is 412 g/mol. The monoisotopic (exact) mass is 412 g/mol. The fraction of sp³-hybridized carbons (Fsp3) is 0. The number of carboxylic acid groups (broad SMARTS) is 1. The number of anilines is 1. The first-order valence-corrected chi connectivity index (χ1v) is 9.42. The van der Waals surface area contributed by atoms with Crippen LogP contribution in [0.4, 0.5) is 5.69 Å². The van der Waals surface area contributed by atoms with Crippen molar-refractivity contribution in [3.8, 4) is 0 Å². The summed E-state index contributed by atoms with van der Waals surface area (Å²) in [5.41, 5.74) is 3.94. The van der Waals surface area contributed by atoms with Crippen LogP contribution in [0.3, 0.4) is 0 Å². The van der Waals surface area contributed by atoms with Crippen LogP contribution in [-0.2, 0) is 9.59 Å². The molecule has 0 fully saturated rings. The van der Waals surface area contributed by atoms with Crippen LogP contribution in [0.25, 0.3) is 23.2 Å². The molecule has 0 bridgehead atoms. The molecule has 31 heavy (non-hydrogen) atoms. The number of carbonyl (C=O) groups excluding carboxylic acids is 1. The summed E-state index contributed by atoms with van der Waals surface area (Å²) in [7, 11) is 0. The maximum Gasteiger partial charge on any atom is 0.328 e. The van der Waals surface area contributed by atoms with Crippen molar-refractivity contribution in [3.63, 3.8) is 0 Å². The van der Waals surface area contributed by atoms with E-state index in [1.54, 1.807) is 18.2 Å². The Morgan fingerprint density at radius 1 is 0.806 bits per heavy atom. The highest BCUT2D eigenvalue weighted by Crippen LogP contribution is 2.18. The van der Waals surface area contributed by atoms with Crippen molar-refractivity contribution >= 4 is 40.7 Å². The molecule has 0 saturated carbocycles. The van der Waals surface area contributed by atoms with Crippen molar-refractivity contribution in [1.82, 2.24) is 15.4 Å². The van der Waals surface area contributed by atoms with Gasteiger partial charge in [-0.15, -0.1) is 5.10 Å². The van der Waals surface area contributed by atoms with Gasteiger partial charge in [0.05, 0.1) is 11.2 Å². The van der Waals surface area contributed by atoms with Crippen LogP contribution in [0.2, 0.25) is 0 Å². The summed E-state index contributed by atoms with van der Waals surface area (Å²) in [4.78, 5) is 22.0. The van der Waals surface area contributed by atoms with Gasteiger partial charge in [-0.05, 0) is 35.4 Å². The molecule has 154 valence electrons. The zero-order valence-electron chi connectivity index (χ0n) is 16.5. The van der Waals surface area contributed by atoms with Gasteiger partial charge in [-0.25, -0.2) is 4.79 Å². The zero-order chi connectivity index (χ0) is 21.9. The number of hydrogen-bond acceptors (Lipinski definition) is 4. The molecule has 7 heteroatoms. The van der Waals surface area contributed by atoms with Gasteiger partial charge in [0, 0.05) is 12.2 Å². The van der Waals surface area contributed by atoms with Crippen molar-refractivity contribution in [2.24, 2.45) is 0 Å². The Labute approximate surface area is 178 Å². The lowest BCUT2D eigenvalue weighted by Gasteiger charge is -2.01. The number of rotatable bonds is 5. The Balaban J connectivity index is 0.000000210. The molecule has 3 N–H and O–H groups in total. The Hall–Kier alpha value is -4.52. The number of H-pyrrole nitrogens is 1. The maximum atomic E-state index is 11.9. The molecule has 7 nitrogen and oxygen atoms in total. The van der Waals surface area contributed by atoms with Crippen molar-refractivity contribution in [2.75, 3.05) is 5.32 Å². The lowest BCUT2D eigenvalue weighted by molar-refractivity contribution is -0.131. The normalized spacial score (nSPS) is 10.7. The highest BCUT2D eigenvalue weighted by Gasteiger charge is 2.05. The van der Waals surface area contributed by atoms with Crippen molar-refractivity contribution in [3.05, 3.63) is 102 Å². The first kappa shape index (κ1) is 21.2. The first-order chi connectivity index (χ1) is 15.1. The molecule has 4 aromatic rings. The molecule has 1 heterocycles. The Morgan fingerprint density at radius 2 is 1.42 bits per heavy atom. The zero-order valence-corrected chi connectivity index (χ0v) is 16.5. The second kappa shape index (κ2) is 10.9. The predicted molar refractivity (Wildman–Crippen MR) is 121 cm³/mol. The maximum absolute atomic E-state index is 11.9. The van der Waals surface area contributed by atoms with Gasteiger partial charge < -0.3 is 10.4 Å². The standard InChI is InChI=1S/C15H12N4O.C9H8O2/c20-14(10-9-11-5-2-1-3-6-11)16-12-7-4-8-13-15(12)18-19-17-13;10-9(11)7-6-8-4-2-1-3-5-8/h1-10H,(H,16,20)(H,17,18,19);1-7H,(H,10,11)/b10-9+;7-6+. The molecule has 1 amide bonds. The molecule has 0 unspecified atom stereocenters. The molecule has 0 aliphatic carbocycles. The van der Waals surface area contributed by atoms with E-state index in [1.807, 2.05) is 72.8 Å². The second-order valence-corrected chi connectivity index (χ2v) is 6.33. The van der Waals surface area contributed by atoms with E-state index in [4.69, 9.17) is 5.11 Å². The number of amides is 1. The van der Waals surface area contributed by atoms with Crippen LogP contribution in [0.1, 0.15) is 11.1 Å². The number of aromatic nitrogens is 3. The summed E-state index contributed by atoms with van der Waals surface area (Å²) in [5.74, 6) is -1.13. The van der Waals surface area contributed by atoms with Gasteiger partial charge in [-0.1, -0.05) is 71.9 Å². The number of nitrogens with one attached hydrogen (secondary N) is 2. The third-order valence-electron chi connectivity index (χ3n) is 4.06. The number of benzene rings is 3. The molecule has 1 aromatic heterocycles. The smallest absolute Gasteiger partial charge is 0.328 e. The van der Waals surface area contributed by atoms with Crippen LogP contribution < -0.4 is 5.32 Å². The molecule has 0 spiro atoms. The fourth-order valence-electron chi connectivity index (χ4n) is 2.61.